The second-order valence-electron chi connectivity index (χ2n) is 10.6. The SMILES string of the molecule is COc1ccc(CC(=O)Nc2cc(C(=O)N3CCCNCC3)ccc2N2CCN(C(=O)c3ccc(Cl)cc3Cl)CC2)cc1. The maximum absolute atomic E-state index is 13.4. The van der Waals surface area contributed by atoms with Crippen molar-refractivity contribution in [3.63, 3.8) is 0 Å². The number of ether oxygens (including phenoxy) is 1. The van der Waals surface area contributed by atoms with E-state index >= 15 is 0 Å². The Morgan fingerprint density at radius 3 is 2.30 bits per heavy atom. The number of carbonyl (C=O) groups excluding carboxylic acids is 3. The van der Waals surface area contributed by atoms with Crippen LogP contribution in [0.15, 0.2) is 60.7 Å². The quantitative estimate of drug-likeness (QED) is 0.400. The number of halogens is 2. The van der Waals surface area contributed by atoms with Crippen molar-refractivity contribution >= 4 is 52.3 Å². The summed E-state index contributed by atoms with van der Waals surface area (Å²) in [5.74, 6) is 0.317. The molecule has 2 N–H and O–H groups in total. The largest absolute Gasteiger partial charge is 0.497 e. The van der Waals surface area contributed by atoms with E-state index in [0.717, 1.165) is 36.5 Å². The Hall–Kier alpha value is -3.79. The highest BCUT2D eigenvalue weighted by molar-refractivity contribution is 6.36. The van der Waals surface area contributed by atoms with Crippen LogP contribution in [0.1, 0.15) is 32.7 Å². The van der Waals surface area contributed by atoms with E-state index in [4.69, 9.17) is 27.9 Å². The van der Waals surface area contributed by atoms with Crippen LogP contribution in [0, 0.1) is 0 Å². The van der Waals surface area contributed by atoms with Gasteiger partial charge in [-0.3, -0.25) is 14.4 Å². The van der Waals surface area contributed by atoms with Crippen molar-refractivity contribution < 1.29 is 19.1 Å². The van der Waals surface area contributed by atoms with Crippen LogP contribution in [0.5, 0.6) is 5.75 Å². The lowest BCUT2D eigenvalue weighted by Gasteiger charge is -2.37. The highest BCUT2D eigenvalue weighted by atomic mass is 35.5. The molecule has 0 spiro atoms. The van der Waals surface area contributed by atoms with Gasteiger partial charge in [0.1, 0.15) is 5.75 Å². The van der Waals surface area contributed by atoms with Crippen molar-refractivity contribution in [2.45, 2.75) is 12.8 Å². The van der Waals surface area contributed by atoms with E-state index in [9.17, 15) is 14.4 Å². The van der Waals surface area contributed by atoms with Crippen molar-refractivity contribution in [3.8, 4) is 5.75 Å². The van der Waals surface area contributed by atoms with E-state index < -0.39 is 0 Å². The molecule has 5 rings (SSSR count). The van der Waals surface area contributed by atoms with Crippen LogP contribution in [0.4, 0.5) is 11.4 Å². The van der Waals surface area contributed by atoms with E-state index in [1.807, 2.05) is 41.3 Å². The zero-order valence-electron chi connectivity index (χ0n) is 24.1. The van der Waals surface area contributed by atoms with Crippen molar-refractivity contribution in [2.75, 3.05) is 69.7 Å². The molecule has 3 aromatic rings. The first-order chi connectivity index (χ1) is 20.8. The molecule has 2 fully saturated rings. The number of anilines is 2. The molecule has 2 aliphatic rings. The molecule has 3 amide bonds. The van der Waals surface area contributed by atoms with Crippen LogP contribution >= 0.6 is 23.2 Å². The number of hydrogen-bond acceptors (Lipinski definition) is 6. The molecule has 226 valence electrons. The minimum absolute atomic E-state index is 0.0591. The number of rotatable bonds is 7. The van der Waals surface area contributed by atoms with Gasteiger partial charge in [0.2, 0.25) is 5.91 Å². The van der Waals surface area contributed by atoms with Gasteiger partial charge in [-0.05, 0) is 67.1 Å². The predicted octanol–water partition coefficient (Wildman–Crippen LogP) is 4.58. The summed E-state index contributed by atoms with van der Waals surface area (Å²) >= 11 is 12.3. The van der Waals surface area contributed by atoms with Gasteiger partial charge < -0.3 is 30.1 Å². The first kappa shape index (κ1) is 30.7. The summed E-state index contributed by atoms with van der Waals surface area (Å²) in [4.78, 5) is 45.5. The Balaban J connectivity index is 1.34. The minimum atomic E-state index is -0.193. The summed E-state index contributed by atoms with van der Waals surface area (Å²) in [7, 11) is 1.60. The van der Waals surface area contributed by atoms with Gasteiger partial charge in [0.05, 0.1) is 35.5 Å². The normalized spacial score (nSPS) is 15.6. The summed E-state index contributed by atoms with van der Waals surface area (Å²) < 4.78 is 5.22. The van der Waals surface area contributed by atoms with Gasteiger partial charge in [-0.15, -0.1) is 0 Å². The van der Waals surface area contributed by atoms with E-state index in [1.54, 1.807) is 36.3 Å². The molecule has 0 unspecified atom stereocenters. The molecule has 0 aromatic heterocycles. The van der Waals surface area contributed by atoms with Crippen LogP contribution in [0.3, 0.4) is 0 Å². The Morgan fingerprint density at radius 1 is 0.837 bits per heavy atom. The molecule has 9 nitrogen and oxygen atoms in total. The Labute approximate surface area is 261 Å². The van der Waals surface area contributed by atoms with Crippen LogP contribution in [0.25, 0.3) is 0 Å². The molecule has 0 atom stereocenters. The molecule has 0 saturated carbocycles. The number of piperazine rings is 1. The molecule has 0 radical (unpaired) electrons. The number of nitrogens with one attached hydrogen (secondary N) is 2. The van der Waals surface area contributed by atoms with Crippen molar-refractivity contribution in [2.24, 2.45) is 0 Å². The standard InChI is InChI=1S/C32H35Cl2N5O4/c1-43-25-7-3-22(4-8-25)19-30(40)36-28-20-23(31(41)38-13-2-11-35-12-14-38)5-10-29(28)37-15-17-39(18-16-37)32(42)26-9-6-24(33)21-27(26)34/h3-10,20-21,35H,2,11-19H2,1H3,(H,36,40). The summed E-state index contributed by atoms with van der Waals surface area (Å²) in [5.41, 5.74) is 3.15. The third-order valence-corrected chi connectivity index (χ3v) is 8.29. The summed E-state index contributed by atoms with van der Waals surface area (Å²) in [6.07, 6.45) is 1.06. The predicted molar refractivity (Wildman–Crippen MR) is 170 cm³/mol. The number of carbonyl (C=O) groups is 3. The van der Waals surface area contributed by atoms with Gasteiger partial charge >= 0.3 is 0 Å². The third kappa shape index (κ3) is 7.60. The highest BCUT2D eigenvalue weighted by Crippen LogP contribution is 2.30. The monoisotopic (exact) mass is 623 g/mol. The van der Waals surface area contributed by atoms with E-state index in [0.29, 0.717) is 66.1 Å². The van der Waals surface area contributed by atoms with Crippen LogP contribution in [-0.2, 0) is 11.2 Å². The molecule has 2 saturated heterocycles. The Bertz CT molecular complexity index is 1470. The topological polar surface area (TPSA) is 94.2 Å². The maximum atomic E-state index is 13.4. The van der Waals surface area contributed by atoms with E-state index in [1.165, 1.54) is 0 Å². The summed E-state index contributed by atoms with van der Waals surface area (Å²) in [6.45, 7) is 4.98. The molecular weight excluding hydrogens is 589 g/mol. The van der Waals surface area contributed by atoms with Gasteiger partial charge in [-0.1, -0.05) is 35.3 Å². The number of methoxy groups -OCH3 is 1. The zero-order chi connectivity index (χ0) is 30.3. The number of benzene rings is 3. The lowest BCUT2D eigenvalue weighted by atomic mass is 10.1. The van der Waals surface area contributed by atoms with E-state index in [2.05, 4.69) is 15.5 Å². The number of hydrogen-bond donors (Lipinski definition) is 2. The molecular formula is C32H35Cl2N5O4. The van der Waals surface area contributed by atoms with Crippen molar-refractivity contribution in [1.82, 2.24) is 15.1 Å². The Morgan fingerprint density at radius 2 is 1.58 bits per heavy atom. The first-order valence-corrected chi connectivity index (χ1v) is 15.1. The average Bonchev–Trinajstić information content (AvgIpc) is 3.31. The van der Waals surface area contributed by atoms with Crippen LogP contribution < -0.4 is 20.3 Å². The fraction of sp³-hybridized carbons (Fsp3) is 0.344. The molecule has 0 aliphatic carbocycles. The first-order valence-electron chi connectivity index (χ1n) is 14.4. The zero-order valence-corrected chi connectivity index (χ0v) is 25.6. The summed E-state index contributed by atoms with van der Waals surface area (Å²) in [5, 5.41) is 7.18. The Kier molecular flexibility index (Phi) is 10.1. The molecule has 2 heterocycles. The van der Waals surface area contributed by atoms with Crippen LogP contribution in [-0.4, -0.2) is 87.0 Å². The van der Waals surface area contributed by atoms with Crippen LogP contribution in [0.2, 0.25) is 10.0 Å². The second kappa shape index (κ2) is 14.1. The van der Waals surface area contributed by atoms with Gasteiger partial charge in [-0.25, -0.2) is 0 Å². The van der Waals surface area contributed by atoms with Gasteiger partial charge in [-0.2, -0.15) is 0 Å². The maximum Gasteiger partial charge on any atom is 0.255 e. The fourth-order valence-corrected chi connectivity index (χ4v) is 5.87. The molecule has 3 aromatic carbocycles. The average molecular weight is 625 g/mol. The molecule has 2 aliphatic heterocycles. The second-order valence-corrected chi connectivity index (χ2v) is 11.4. The number of amides is 3. The lowest BCUT2D eigenvalue weighted by molar-refractivity contribution is -0.115. The third-order valence-electron chi connectivity index (χ3n) is 7.74. The summed E-state index contributed by atoms with van der Waals surface area (Å²) in [6, 6.07) is 17.7. The molecule has 43 heavy (non-hydrogen) atoms. The van der Waals surface area contributed by atoms with E-state index in [-0.39, 0.29) is 24.1 Å². The lowest BCUT2D eigenvalue weighted by Crippen LogP contribution is -2.49. The molecule has 11 heteroatoms. The molecule has 0 bridgehead atoms. The number of nitrogens with zero attached hydrogens (tertiary/aromatic N) is 3. The van der Waals surface area contributed by atoms with Gasteiger partial charge in [0, 0.05) is 56.4 Å². The fourth-order valence-electron chi connectivity index (χ4n) is 5.38. The van der Waals surface area contributed by atoms with Crippen molar-refractivity contribution in [3.05, 3.63) is 87.4 Å². The van der Waals surface area contributed by atoms with Gasteiger partial charge in [0.25, 0.3) is 11.8 Å². The highest BCUT2D eigenvalue weighted by Gasteiger charge is 2.26. The van der Waals surface area contributed by atoms with Gasteiger partial charge in [0.15, 0.2) is 0 Å². The minimum Gasteiger partial charge on any atom is -0.497 e. The van der Waals surface area contributed by atoms with Crippen molar-refractivity contribution in [1.29, 1.82) is 0 Å². The smallest absolute Gasteiger partial charge is 0.255 e.